The van der Waals surface area contributed by atoms with E-state index in [2.05, 4.69) is 40.3 Å². The maximum absolute atomic E-state index is 3.37. The van der Waals surface area contributed by atoms with Crippen LogP contribution in [0.2, 0.25) is 0 Å². The fourth-order valence-corrected chi connectivity index (χ4v) is 0.898. The normalized spacial score (nSPS) is 14.9. The molecule has 0 aliphatic rings. The van der Waals surface area contributed by atoms with Gasteiger partial charge < -0.3 is 5.32 Å². The quantitative estimate of drug-likeness (QED) is 0.733. The van der Waals surface area contributed by atoms with Crippen LogP contribution in [0.4, 0.5) is 0 Å². The van der Waals surface area contributed by atoms with Gasteiger partial charge in [-0.25, -0.2) is 0 Å². The molecule has 0 saturated carbocycles. The number of allylic oxidation sites excluding steroid dienone is 5. The molecule has 0 aliphatic heterocycles. The Morgan fingerprint density at radius 2 is 1.83 bits per heavy atom. The van der Waals surface area contributed by atoms with Gasteiger partial charge in [0.15, 0.2) is 0 Å². The zero-order valence-corrected chi connectivity index (χ0v) is 9.70. The Kier molecular flexibility index (Phi) is 5.81. The van der Waals surface area contributed by atoms with Crippen molar-refractivity contribution in [1.82, 2.24) is 5.32 Å². The van der Waals surface area contributed by atoms with Crippen molar-refractivity contribution in [1.29, 1.82) is 0 Å². The van der Waals surface area contributed by atoms with Gasteiger partial charge in [0.05, 0.1) is 0 Å². The molecule has 0 amide bonds. The molecule has 0 fully saturated rings. The topological polar surface area (TPSA) is 12.0 Å². The first-order chi connectivity index (χ1) is 5.61. The van der Waals surface area contributed by atoms with Gasteiger partial charge in [-0.1, -0.05) is 28.1 Å². The van der Waals surface area contributed by atoms with Crippen LogP contribution in [0.1, 0.15) is 20.8 Å². The molecular formula is C10H16BrN. The number of rotatable bonds is 3. The zero-order chi connectivity index (χ0) is 9.56. The smallest absolute Gasteiger partial charge is 0.0364 e. The SMILES string of the molecule is C\C=C(C)/C(=C\C=C(/C)Br)NC. The van der Waals surface area contributed by atoms with Gasteiger partial charge in [-0.3, -0.25) is 0 Å². The molecule has 0 saturated heterocycles. The van der Waals surface area contributed by atoms with Crippen molar-refractivity contribution in [2.75, 3.05) is 7.05 Å². The van der Waals surface area contributed by atoms with Crippen molar-refractivity contribution in [2.45, 2.75) is 20.8 Å². The molecule has 2 heteroatoms. The molecule has 1 nitrogen and oxygen atoms in total. The fraction of sp³-hybridized carbons (Fsp3) is 0.400. The molecule has 0 atom stereocenters. The molecule has 0 aromatic rings. The van der Waals surface area contributed by atoms with E-state index >= 15 is 0 Å². The number of halogens is 1. The minimum atomic E-state index is 1.12. The first kappa shape index (κ1) is 11.5. The second-order valence-electron chi connectivity index (χ2n) is 2.56. The Labute approximate surface area is 83.4 Å². The van der Waals surface area contributed by atoms with Gasteiger partial charge in [0, 0.05) is 12.7 Å². The second-order valence-corrected chi connectivity index (χ2v) is 3.81. The van der Waals surface area contributed by atoms with Crippen LogP contribution in [0.15, 0.2) is 34.0 Å². The Morgan fingerprint density at radius 3 is 2.17 bits per heavy atom. The van der Waals surface area contributed by atoms with Gasteiger partial charge in [-0.05, 0) is 36.9 Å². The van der Waals surface area contributed by atoms with Gasteiger partial charge in [0.1, 0.15) is 0 Å². The molecule has 12 heavy (non-hydrogen) atoms. The van der Waals surface area contributed by atoms with E-state index in [1.54, 1.807) is 0 Å². The monoisotopic (exact) mass is 229 g/mol. The highest BCUT2D eigenvalue weighted by molar-refractivity contribution is 9.11. The van der Waals surface area contributed by atoms with Crippen LogP contribution < -0.4 is 5.32 Å². The van der Waals surface area contributed by atoms with E-state index < -0.39 is 0 Å². The summed E-state index contributed by atoms with van der Waals surface area (Å²) in [5, 5.41) is 3.14. The zero-order valence-electron chi connectivity index (χ0n) is 8.11. The van der Waals surface area contributed by atoms with Crippen LogP contribution in [0.25, 0.3) is 0 Å². The van der Waals surface area contributed by atoms with Gasteiger partial charge in [-0.2, -0.15) is 0 Å². The Morgan fingerprint density at radius 1 is 1.25 bits per heavy atom. The Bertz CT molecular complexity index is 220. The molecular weight excluding hydrogens is 214 g/mol. The van der Waals surface area contributed by atoms with E-state index in [4.69, 9.17) is 0 Å². The molecule has 1 N–H and O–H groups in total. The molecule has 0 heterocycles. The maximum Gasteiger partial charge on any atom is 0.0364 e. The second kappa shape index (κ2) is 6.06. The molecule has 0 aromatic heterocycles. The molecule has 0 aliphatic carbocycles. The lowest BCUT2D eigenvalue weighted by Gasteiger charge is -2.04. The first-order valence-corrected chi connectivity index (χ1v) is 4.76. The first-order valence-electron chi connectivity index (χ1n) is 3.97. The van der Waals surface area contributed by atoms with Crippen molar-refractivity contribution < 1.29 is 0 Å². The summed E-state index contributed by atoms with van der Waals surface area (Å²) in [6.45, 7) is 6.12. The number of likely N-dealkylation sites (N-methyl/N-ethyl adjacent to an activating group) is 1. The molecule has 0 bridgehead atoms. The largest absolute Gasteiger partial charge is 0.388 e. The van der Waals surface area contributed by atoms with Crippen LogP contribution in [0.5, 0.6) is 0 Å². The average molecular weight is 230 g/mol. The van der Waals surface area contributed by atoms with Crippen molar-refractivity contribution in [2.24, 2.45) is 0 Å². The number of nitrogens with one attached hydrogen (secondary N) is 1. The highest BCUT2D eigenvalue weighted by atomic mass is 79.9. The van der Waals surface area contributed by atoms with Crippen molar-refractivity contribution >= 4 is 15.9 Å². The van der Waals surface area contributed by atoms with Gasteiger partial charge in [0.25, 0.3) is 0 Å². The fourth-order valence-electron chi connectivity index (χ4n) is 0.766. The highest BCUT2D eigenvalue weighted by Gasteiger charge is 1.92. The molecule has 0 unspecified atom stereocenters. The van der Waals surface area contributed by atoms with Crippen LogP contribution in [-0.4, -0.2) is 7.05 Å². The van der Waals surface area contributed by atoms with Gasteiger partial charge in [0.2, 0.25) is 0 Å². The maximum atomic E-state index is 3.37. The third kappa shape index (κ3) is 4.39. The van der Waals surface area contributed by atoms with E-state index in [9.17, 15) is 0 Å². The van der Waals surface area contributed by atoms with E-state index in [0.717, 1.165) is 10.2 Å². The summed E-state index contributed by atoms with van der Waals surface area (Å²) in [4.78, 5) is 0. The van der Waals surface area contributed by atoms with E-state index in [0.29, 0.717) is 0 Å². The summed E-state index contributed by atoms with van der Waals surface area (Å²) in [7, 11) is 1.93. The Balaban J connectivity index is 4.56. The van der Waals surface area contributed by atoms with Crippen molar-refractivity contribution in [3.8, 4) is 0 Å². The summed E-state index contributed by atoms with van der Waals surface area (Å²) in [5.74, 6) is 0. The van der Waals surface area contributed by atoms with E-state index in [1.165, 1.54) is 5.57 Å². The summed E-state index contributed by atoms with van der Waals surface area (Å²) in [6, 6.07) is 0. The lowest BCUT2D eigenvalue weighted by atomic mass is 10.2. The van der Waals surface area contributed by atoms with E-state index in [1.807, 2.05) is 27.0 Å². The lowest BCUT2D eigenvalue weighted by Crippen LogP contribution is -2.06. The molecule has 0 radical (unpaired) electrons. The molecule has 0 spiro atoms. The third-order valence-electron chi connectivity index (χ3n) is 1.61. The highest BCUT2D eigenvalue weighted by Crippen LogP contribution is 2.08. The molecule has 0 aromatic carbocycles. The predicted molar refractivity (Wildman–Crippen MR) is 59.3 cm³/mol. The summed E-state index contributed by atoms with van der Waals surface area (Å²) >= 11 is 3.37. The minimum Gasteiger partial charge on any atom is -0.388 e. The summed E-state index contributed by atoms with van der Waals surface area (Å²) in [6.07, 6.45) is 6.16. The number of hydrogen-bond acceptors (Lipinski definition) is 1. The lowest BCUT2D eigenvalue weighted by molar-refractivity contribution is 0.996. The van der Waals surface area contributed by atoms with Crippen LogP contribution in [0.3, 0.4) is 0 Å². The van der Waals surface area contributed by atoms with E-state index in [-0.39, 0.29) is 0 Å². The molecule has 0 rings (SSSR count). The summed E-state index contributed by atoms with van der Waals surface area (Å²) in [5.41, 5.74) is 2.40. The number of hydrogen-bond donors (Lipinski definition) is 1. The van der Waals surface area contributed by atoms with Crippen LogP contribution in [0, 0.1) is 0 Å². The summed E-state index contributed by atoms with van der Waals surface area (Å²) < 4.78 is 1.12. The predicted octanol–water partition coefficient (Wildman–Crippen LogP) is 3.35. The van der Waals surface area contributed by atoms with Crippen LogP contribution in [-0.2, 0) is 0 Å². The average Bonchev–Trinajstić information content (AvgIpc) is 2.04. The minimum absolute atomic E-state index is 1.12. The van der Waals surface area contributed by atoms with Gasteiger partial charge >= 0.3 is 0 Å². The third-order valence-corrected chi connectivity index (χ3v) is 1.87. The Hall–Kier alpha value is -0.500. The molecule has 68 valence electrons. The van der Waals surface area contributed by atoms with Crippen molar-refractivity contribution in [3.05, 3.63) is 34.0 Å². The standard InChI is InChI=1S/C10H16BrN/c1-5-8(2)10(12-4)7-6-9(3)11/h5-7,12H,1-4H3/b8-5-,9-6+,10-7+. The van der Waals surface area contributed by atoms with Crippen LogP contribution >= 0.6 is 15.9 Å². The van der Waals surface area contributed by atoms with Crippen molar-refractivity contribution in [3.63, 3.8) is 0 Å². The van der Waals surface area contributed by atoms with Gasteiger partial charge in [-0.15, -0.1) is 0 Å².